The number of benzene rings is 2. The Kier molecular flexibility index (Phi) is 7.22. The van der Waals surface area contributed by atoms with Gasteiger partial charge >= 0.3 is 6.36 Å². The number of carbonyl (C=O) groups is 2. The Morgan fingerprint density at radius 3 is 2.06 bits per heavy atom. The second-order valence-corrected chi connectivity index (χ2v) is 8.93. The van der Waals surface area contributed by atoms with Crippen LogP contribution in [-0.4, -0.2) is 68.5 Å². The highest BCUT2D eigenvalue weighted by molar-refractivity contribution is 7.89. The van der Waals surface area contributed by atoms with Gasteiger partial charge in [-0.1, -0.05) is 0 Å². The molecule has 2 amide bonds. The van der Waals surface area contributed by atoms with Crippen LogP contribution in [0.4, 0.5) is 17.6 Å². The van der Waals surface area contributed by atoms with Gasteiger partial charge in [-0.3, -0.25) is 9.59 Å². The number of nitrogens with one attached hydrogen (secondary N) is 1. The lowest BCUT2D eigenvalue weighted by Gasteiger charge is -2.34. The van der Waals surface area contributed by atoms with Crippen molar-refractivity contribution in [2.24, 2.45) is 0 Å². The van der Waals surface area contributed by atoms with E-state index >= 15 is 0 Å². The predicted octanol–water partition coefficient (Wildman–Crippen LogP) is 1.99. The Morgan fingerprint density at radius 2 is 1.52 bits per heavy atom. The summed E-state index contributed by atoms with van der Waals surface area (Å²) in [5.41, 5.74) is 0.187. The van der Waals surface area contributed by atoms with E-state index in [-0.39, 0.29) is 43.2 Å². The van der Waals surface area contributed by atoms with Gasteiger partial charge in [-0.05, 0) is 48.5 Å². The maximum Gasteiger partial charge on any atom is 0.573 e. The number of rotatable bonds is 6. The van der Waals surface area contributed by atoms with Crippen LogP contribution in [0.5, 0.6) is 5.75 Å². The molecule has 2 aromatic rings. The average molecular weight is 489 g/mol. The molecule has 0 bridgehead atoms. The normalized spacial score (nSPS) is 15.2. The minimum absolute atomic E-state index is 0.0270. The highest BCUT2D eigenvalue weighted by Crippen LogP contribution is 2.25. The monoisotopic (exact) mass is 489 g/mol. The van der Waals surface area contributed by atoms with Gasteiger partial charge in [0.15, 0.2) is 0 Å². The average Bonchev–Trinajstić information content (AvgIpc) is 2.77. The maximum absolute atomic E-state index is 12.9. The maximum atomic E-state index is 12.9. The van der Waals surface area contributed by atoms with Gasteiger partial charge in [-0.15, -0.1) is 13.2 Å². The zero-order valence-corrected chi connectivity index (χ0v) is 17.8. The number of carbonyl (C=O) groups excluding carboxylic acids is 2. The van der Waals surface area contributed by atoms with E-state index in [0.29, 0.717) is 0 Å². The molecule has 1 aliphatic heterocycles. The smallest absolute Gasteiger partial charge is 0.406 e. The Hall–Kier alpha value is -3.19. The Morgan fingerprint density at radius 1 is 0.939 bits per heavy atom. The van der Waals surface area contributed by atoms with Crippen molar-refractivity contribution >= 4 is 21.8 Å². The molecule has 33 heavy (non-hydrogen) atoms. The number of amides is 2. The largest absolute Gasteiger partial charge is 0.573 e. The van der Waals surface area contributed by atoms with Crippen molar-refractivity contribution in [2.75, 3.05) is 32.7 Å². The number of sulfonamides is 1. The van der Waals surface area contributed by atoms with Crippen LogP contribution in [0.2, 0.25) is 0 Å². The van der Waals surface area contributed by atoms with E-state index in [1.165, 1.54) is 17.0 Å². The second kappa shape index (κ2) is 9.75. The summed E-state index contributed by atoms with van der Waals surface area (Å²) in [5.74, 6) is -2.01. The number of hydrogen-bond donors (Lipinski definition) is 1. The van der Waals surface area contributed by atoms with E-state index in [9.17, 15) is 35.6 Å². The molecule has 1 fully saturated rings. The van der Waals surface area contributed by atoms with Crippen molar-refractivity contribution in [2.45, 2.75) is 11.3 Å². The lowest BCUT2D eigenvalue weighted by atomic mass is 10.2. The molecule has 0 spiro atoms. The predicted molar refractivity (Wildman–Crippen MR) is 107 cm³/mol. The molecule has 0 radical (unpaired) electrons. The summed E-state index contributed by atoms with van der Waals surface area (Å²) < 4.78 is 80.0. The highest BCUT2D eigenvalue weighted by Gasteiger charge is 2.32. The van der Waals surface area contributed by atoms with Crippen LogP contribution in [0, 0.1) is 5.82 Å². The Bertz CT molecular complexity index is 1100. The third-order valence-electron chi connectivity index (χ3n) is 4.79. The summed E-state index contributed by atoms with van der Waals surface area (Å²) >= 11 is 0. The minimum Gasteiger partial charge on any atom is -0.406 e. The molecular formula is C20H19F4N3O5S. The third-order valence-corrected chi connectivity index (χ3v) is 6.71. The van der Waals surface area contributed by atoms with E-state index in [4.69, 9.17) is 0 Å². The first-order valence-electron chi connectivity index (χ1n) is 9.63. The van der Waals surface area contributed by atoms with Crippen molar-refractivity contribution in [1.82, 2.24) is 14.5 Å². The van der Waals surface area contributed by atoms with Crippen molar-refractivity contribution in [1.29, 1.82) is 0 Å². The fourth-order valence-electron chi connectivity index (χ4n) is 3.11. The zero-order chi connectivity index (χ0) is 24.2. The van der Waals surface area contributed by atoms with Crippen molar-refractivity contribution in [3.05, 3.63) is 59.9 Å². The number of nitrogens with zero attached hydrogens (tertiary/aromatic N) is 2. The molecule has 178 valence electrons. The molecule has 1 N–H and O–H groups in total. The van der Waals surface area contributed by atoms with Crippen molar-refractivity contribution < 1.29 is 40.3 Å². The Balaban J connectivity index is 1.52. The van der Waals surface area contributed by atoms with Crippen LogP contribution in [-0.2, 0) is 14.8 Å². The van der Waals surface area contributed by atoms with E-state index in [1.54, 1.807) is 0 Å². The number of hydrogen-bond acceptors (Lipinski definition) is 5. The fourth-order valence-corrected chi connectivity index (χ4v) is 4.53. The summed E-state index contributed by atoms with van der Waals surface area (Å²) in [4.78, 5) is 25.5. The van der Waals surface area contributed by atoms with Crippen LogP contribution in [0.15, 0.2) is 53.4 Å². The van der Waals surface area contributed by atoms with Crippen LogP contribution in [0.25, 0.3) is 0 Å². The van der Waals surface area contributed by atoms with Crippen LogP contribution >= 0.6 is 0 Å². The van der Waals surface area contributed by atoms with E-state index < -0.39 is 39.8 Å². The molecule has 0 aromatic heterocycles. The van der Waals surface area contributed by atoms with Crippen LogP contribution in [0.1, 0.15) is 10.4 Å². The third kappa shape index (κ3) is 6.42. The number of ether oxygens (including phenoxy) is 1. The number of piperazine rings is 1. The number of halogens is 4. The summed E-state index contributed by atoms with van der Waals surface area (Å²) in [6, 6.07) is 8.63. The van der Waals surface area contributed by atoms with Crippen molar-refractivity contribution in [3.8, 4) is 5.75 Å². The van der Waals surface area contributed by atoms with Gasteiger partial charge in [0.2, 0.25) is 15.9 Å². The molecule has 0 saturated carbocycles. The van der Waals surface area contributed by atoms with Gasteiger partial charge in [-0.25, -0.2) is 12.8 Å². The molecule has 3 rings (SSSR count). The first-order valence-corrected chi connectivity index (χ1v) is 11.1. The van der Waals surface area contributed by atoms with Crippen LogP contribution in [0.3, 0.4) is 0 Å². The molecule has 0 aliphatic carbocycles. The molecule has 2 aromatic carbocycles. The minimum atomic E-state index is -4.89. The van der Waals surface area contributed by atoms with Crippen LogP contribution < -0.4 is 10.1 Å². The first kappa shape index (κ1) is 24.5. The lowest BCUT2D eigenvalue weighted by molar-refractivity contribution is -0.274. The summed E-state index contributed by atoms with van der Waals surface area (Å²) in [6.45, 7) is -0.231. The van der Waals surface area contributed by atoms with E-state index in [2.05, 4.69) is 10.1 Å². The lowest BCUT2D eigenvalue weighted by Crippen LogP contribution is -2.52. The van der Waals surface area contributed by atoms with Gasteiger partial charge in [0, 0.05) is 31.7 Å². The van der Waals surface area contributed by atoms with Gasteiger partial charge in [0.25, 0.3) is 5.91 Å². The summed E-state index contributed by atoms with van der Waals surface area (Å²) in [5, 5.41) is 2.43. The highest BCUT2D eigenvalue weighted by atomic mass is 32.2. The van der Waals surface area contributed by atoms with Gasteiger partial charge in [0.1, 0.15) is 11.6 Å². The van der Waals surface area contributed by atoms with Crippen molar-refractivity contribution in [3.63, 3.8) is 0 Å². The quantitative estimate of drug-likeness (QED) is 0.627. The molecule has 8 nitrogen and oxygen atoms in total. The SMILES string of the molecule is O=C(NCC(=O)N1CCN(S(=O)(=O)c2ccc(OC(F)(F)F)cc2)CC1)c1ccc(F)cc1. The second-order valence-electron chi connectivity index (χ2n) is 6.99. The molecule has 1 aliphatic rings. The van der Waals surface area contributed by atoms with Gasteiger partial charge in [0.05, 0.1) is 11.4 Å². The molecule has 1 heterocycles. The summed E-state index contributed by atoms with van der Waals surface area (Å²) in [7, 11) is -3.98. The molecule has 0 atom stereocenters. The van der Waals surface area contributed by atoms with E-state index in [1.807, 2.05) is 0 Å². The zero-order valence-electron chi connectivity index (χ0n) is 17.0. The molecule has 13 heteroatoms. The van der Waals surface area contributed by atoms with Gasteiger partial charge in [-0.2, -0.15) is 4.31 Å². The standard InChI is InChI=1S/C20H19F4N3O5S/c21-15-3-1-14(2-4-15)19(29)25-13-18(28)26-9-11-27(12-10-26)33(30,31)17-7-5-16(6-8-17)32-20(22,23)24/h1-8H,9-13H2,(H,25,29). The Labute approximate surface area is 186 Å². The summed E-state index contributed by atoms with van der Waals surface area (Å²) in [6.07, 6.45) is -4.89. The van der Waals surface area contributed by atoms with Gasteiger partial charge < -0.3 is 15.0 Å². The molecule has 0 unspecified atom stereocenters. The topological polar surface area (TPSA) is 96.0 Å². The van der Waals surface area contributed by atoms with E-state index in [0.717, 1.165) is 40.7 Å². The fraction of sp³-hybridized carbons (Fsp3) is 0.300. The molecule has 1 saturated heterocycles. The number of alkyl halides is 3. The molecular weight excluding hydrogens is 470 g/mol. The first-order chi connectivity index (χ1) is 15.5.